The van der Waals surface area contributed by atoms with Crippen LogP contribution >= 0.6 is 12.4 Å². The summed E-state index contributed by atoms with van der Waals surface area (Å²) in [5.74, 6) is 0.921. The third-order valence-corrected chi connectivity index (χ3v) is 4.22. The Labute approximate surface area is 144 Å². The Kier molecular flexibility index (Phi) is 7.75. The zero-order chi connectivity index (χ0) is 16.1. The lowest BCUT2D eigenvalue weighted by atomic mass is 9.99. The first-order valence-electron chi connectivity index (χ1n) is 7.89. The van der Waals surface area contributed by atoms with E-state index in [2.05, 4.69) is 15.2 Å². The summed E-state index contributed by atoms with van der Waals surface area (Å²) < 4.78 is 5.35. The van der Waals surface area contributed by atoms with Gasteiger partial charge in [0.15, 0.2) is 0 Å². The first kappa shape index (κ1) is 19.7. The molecule has 0 bridgehead atoms. The lowest BCUT2D eigenvalue weighted by Gasteiger charge is -2.28. The Morgan fingerprint density at radius 2 is 2.09 bits per heavy atom. The molecule has 0 saturated carbocycles. The molecule has 1 aliphatic rings. The molecule has 2 atom stereocenters. The Balaban J connectivity index is 0.00000264. The van der Waals surface area contributed by atoms with Crippen molar-refractivity contribution < 1.29 is 9.53 Å². The van der Waals surface area contributed by atoms with E-state index in [0.717, 1.165) is 49.9 Å². The number of amides is 1. The number of hydrogen-bond donors (Lipinski definition) is 2. The van der Waals surface area contributed by atoms with Gasteiger partial charge >= 0.3 is 0 Å². The predicted octanol–water partition coefficient (Wildman–Crippen LogP) is 1.96. The van der Waals surface area contributed by atoms with Crippen LogP contribution in [0.15, 0.2) is 12.1 Å². The molecule has 7 heteroatoms. The average Bonchev–Trinajstić information content (AvgIpc) is 2.55. The minimum Gasteiger partial charge on any atom is -0.378 e. The Hall–Kier alpha value is -1.37. The van der Waals surface area contributed by atoms with Crippen molar-refractivity contribution >= 4 is 29.8 Å². The van der Waals surface area contributed by atoms with Gasteiger partial charge in [-0.15, -0.1) is 12.4 Å². The normalized spacial score (nSPS) is 17.1. The number of anilines is 2. The summed E-state index contributed by atoms with van der Waals surface area (Å²) in [6.45, 7) is 9.05. The van der Waals surface area contributed by atoms with E-state index < -0.39 is 6.04 Å². The molecule has 1 saturated heterocycles. The fourth-order valence-corrected chi connectivity index (χ4v) is 2.38. The van der Waals surface area contributed by atoms with Gasteiger partial charge in [-0.25, -0.2) is 4.98 Å². The fraction of sp³-hybridized carbons (Fsp3) is 0.625. The summed E-state index contributed by atoms with van der Waals surface area (Å²) in [4.78, 5) is 18.9. The summed E-state index contributed by atoms with van der Waals surface area (Å²) >= 11 is 0. The number of carbonyl (C=O) groups excluding carboxylic acids is 1. The van der Waals surface area contributed by atoms with Gasteiger partial charge in [0.1, 0.15) is 5.82 Å². The molecule has 2 heterocycles. The first-order chi connectivity index (χ1) is 10.5. The summed E-state index contributed by atoms with van der Waals surface area (Å²) in [5, 5.41) is 2.89. The highest BCUT2D eigenvalue weighted by Crippen LogP contribution is 2.20. The molecule has 0 spiro atoms. The number of nitrogens with one attached hydrogen (secondary N) is 1. The fourth-order valence-electron chi connectivity index (χ4n) is 2.38. The van der Waals surface area contributed by atoms with Gasteiger partial charge < -0.3 is 20.7 Å². The summed E-state index contributed by atoms with van der Waals surface area (Å²) in [5.41, 5.74) is 7.48. The van der Waals surface area contributed by atoms with Crippen LogP contribution in [-0.2, 0) is 9.53 Å². The number of nitrogens with two attached hydrogens (primary N) is 1. The van der Waals surface area contributed by atoms with Crippen LogP contribution < -0.4 is 16.0 Å². The molecule has 1 aliphatic heterocycles. The van der Waals surface area contributed by atoms with Gasteiger partial charge in [0.2, 0.25) is 5.91 Å². The van der Waals surface area contributed by atoms with Crippen molar-refractivity contribution in [2.75, 3.05) is 36.5 Å². The third-order valence-electron chi connectivity index (χ3n) is 4.22. The van der Waals surface area contributed by atoms with Crippen LogP contribution in [0.5, 0.6) is 0 Å². The van der Waals surface area contributed by atoms with Crippen molar-refractivity contribution in [2.45, 2.75) is 33.2 Å². The van der Waals surface area contributed by atoms with Crippen LogP contribution in [0.2, 0.25) is 0 Å². The van der Waals surface area contributed by atoms with Gasteiger partial charge in [-0.05, 0) is 25.0 Å². The number of aryl methyl sites for hydroxylation is 1. The molecule has 130 valence electrons. The van der Waals surface area contributed by atoms with Crippen LogP contribution in [0.25, 0.3) is 0 Å². The molecule has 2 unspecified atom stereocenters. The van der Waals surface area contributed by atoms with Crippen molar-refractivity contribution in [3.63, 3.8) is 0 Å². The quantitative estimate of drug-likeness (QED) is 0.855. The molecule has 0 aliphatic carbocycles. The summed E-state index contributed by atoms with van der Waals surface area (Å²) in [6.07, 6.45) is 0.877. The first-order valence-corrected chi connectivity index (χ1v) is 7.89. The van der Waals surface area contributed by atoms with Crippen molar-refractivity contribution in [1.29, 1.82) is 0 Å². The van der Waals surface area contributed by atoms with Gasteiger partial charge in [0, 0.05) is 13.1 Å². The van der Waals surface area contributed by atoms with E-state index in [0.29, 0.717) is 0 Å². The molecule has 1 amide bonds. The number of aromatic nitrogens is 1. The lowest BCUT2D eigenvalue weighted by molar-refractivity contribution is -0.118. The topological polar surface area (TPSA) is 80.5 Å². The van der Waals surface area contributed by atoms with E-state index >= 15 is 0 Å². The number of ether oxygens (including phenoxy) is 1. The molecule has 0 radical (unpaired) electrons. The highest BCUT2D eigenvalue weighted by molar-refractivity contribution is 5.95. The Morgan fingerprint density at radius 3 is 2.65 bits per heavy atom. The molecule has 0 aromatic carbocycles. The maximum atomic E-state index is 12.2. The molecular weight excluding hydrogens is 316 g/mol. The summed E-state index contributed by atoms with van der Waals surface area (Å²) in [6, 6.07) is 3.33. The molecule has 6 nitrogen and oxygen atoms in total. The molecular formula is C16H27ClN4O2. The van der Waals surface area contributed by atoms with E-state index in [-0.39, 0.29) is 24.2 Å². The standard InChI is InChI=1S/C16H26N4O2.ClH/c1-4-11(2)15(17)16(21)19-13-5-6-14(18-12(13)3)20-7-9-22-10-8-20;/h5-6,11,15H,4,7-10,17H2,1-3H3,(H,19,21);1H. The Morgan fingerprint density at radius 1 is 1.43 bits per heavy atom. The second-order valence-electron chi connectivity index (χ2n) is 5.80. The van der Waals surface area contributed by atoms with Gasteiger partial charge in [0.25, 0.3) is 0 Å². The Bertz CT molecular complexity index is 521. The predicted molar refractivity (Wildman–Crippen MR) is 95.3 cm³/mol. The summed E-state index contributed by atoms with van der Waals surface area (Å²) in [7, 11) is 0. The molecule has 1 fully saturated rings. The van der Waals surface area contributed by atoms with Crippen LogP contribution in [0.3, 0.4) is 0 Å². The molecule has 2 rings (SSSR count). The van der Waals surface area contributed by atoms with E-state index in [4.69, 9.17) is 10.5 Å². The number of hydrogen-bond acceptors (Lipinski definition) is 5. The van der Waals surface area contributed by atoms with Crippen molar-refractivity contribution in [3.05, 3.63) is 17.8 Å². The maximum absolute atomic E-state index is 12.2. The zero-order valence-corrected chi connectivity index (χ0v) is 14.9. The smallest absolute Gasteiger partial charge is 0.241 e. The molecule has 23 heavy (non-hydrogen) atoms. The minimum atomic E-state index is -0.497. The van der Waals surface area contributed by atoms with Gasteiger partial charge in [-0.2, -0.15) is 0 Å². The van der Waals surface area contributed by atoms with Crippen molar-refractivity contribution in [3.8, 4) is 0 Å². The average molecular weight is 343 g/mol. The minimum absolute atomic E-state index is 0. The van der Waals surface area contributed by atoms with Crippen LogP contribution in [0.1, 0.15) is 26.0 Å². The number of morpholine rings is 1. The number of carbonyl (C=O) groups is 1. The van der Waals surface area contributed by atoms with Gasteiger partial charge in [0.05, 0.1) is 30.6 Å². The molecule has 1 aromatic rings. The van der Waals surface area contributed by atoms with E-state index in [1.54, 1.807) is 0 Å². The van der Waals surface area contributed by atoms with Crippen LogP contribution in [0, 0.1) is 12.8 Å². The van der Waals surface area contributed by atoms with Crippen molar-refractivity contribution in [2.24, 2.45) is 11.7 Å². The molecule has 1 aromatic heterocycles. The second kappa shape index (κ2) is 9.05. The van der Waals surface area contributed by atoms with Crippen molar-refractivity contribution in [1.82, 2.24) is 4.98 Å². The van der Waals surface area contributed by atoms with E-state index in [9.17, 15) is 4.79 Å². The number of halogens is 1. The highest BCUT2D eigenvalue weighted by Gasteiger charge is 2.20. The third kappa shape index (κ3) is 5.06. The van der Waals surface area contributed by atoms with Gasteiger partial charge in [-0.3, -0.25) is 4.79 Å². The second-order valence-corrected chi connectivity index (χ2v) is 5.80. The monoisotopic (exact) mass is 342 g/mol. The van der Waals surface area contributed by atoms with Gasteiger partial charge in [-0.1, -0.05) is 20.3 Å². The van der Waals surface area contributed by atoms with E-state index in [1.807, 2.05) is 32.9 Å². The molecule has 3 N–H and O–H groups in total. The van der Waals surface area contributed by atoms with Crippen LogP contribution in [-0.4, -0.2) is 43.2 Å². The number of nitrogens with zero attached hydrogens (tertiary/aromatic N) is 2. The lowest BCUT2D eigenvalue weighted by Crippen LogP contribution is -2.40. The maximum Gasteiger partial charge on any atom is 0.241 e. The van der Waals surface area contributed by atoms with E-state index in [1.165, 1.54) is 0 Å². The SMILES string of the molecule is CCC(C)C(N)C(=O)Nc1ccc(N2CCOCC2)nc1C.Cl. The number of rotatable bonds is 5. The zero-order valence-electron chi connectivity index (χ0n) is 14.0. The van der Waals surface area contributed by atoms with Crippen LogP contribution in [0.4, 0.5) is 11.5 Å². The largest absolute Gasteiger partial charge is 0.378 e. The highest BCUT2D eigenvalue weighted by atomic mass is 35.5. The number of pyridine rings is 1.